The lowest BCUT2D eigenvalue weighted by Gasteiger charge is -2.11. The van der Waals surface area contributed by atoms with Gasteiger partial charge in [-0.3, -0.25) is 4.98 Å². The second kappa shape index (κ2) is 8.83. The van der Waals surface area contributed by atoms with Crippen LogP contribution < -0.4 is 10.6 Å². The van der Waals surface area contributed by atoms with Gasteiger partial charge >= 0.3 is 0 Å². The summed E-state index contributed by atoms with van der Waals surface area (Å²) in [6.45, 7) is 4.37. The fourth-order valence-corrected chi connectivity index (χ4v) is 2.77. The molecule has 2 aromatic carbocycles. The van der Waals surface area contributed by atoms with E-state index in [4.69, 9.17) is 4.99 Å². The van der Waals surface area contributed by atoms with Crippen molar-refractivity contribution < 1.29 is 0 Å². The average molecular weight is 332 g/mol. The standard InChI is InChI=1S/C21H24N4/c1-2-22-21(24-15-13-17-8-4-3-5-9-17)25-16-19-11-6-10-18-12-7-14-23-20(18)19/h3-12,14H,2,13,15-16H2,1H3,(H2,22,24,25). The summed E-state index contributed by atoms with van der Waals surface area (Å²) in [4.78, 5) is 9.22. The summed E-state index contributed by atoms with van der Waals surface area (Å²) in [7, 11) is 0. The van der Waals surface area contributed by atoms with Crippen LogP contribution in [0.15, 0.2) is 71.9 Å². The summed E-state index contributed by atoms with van der Waals surface area (Å²) >= 11 is 0. The Balaban J connectivity index is 1.65. The largest absolute Gasteiger partial charge is 0.357 e. The molecular formula is C21H24N4. The van der Waals surface area contributed by atoms with Crippen molar-refractivity contribution in [2.45, 2.75) is 19.9 Å². The molecule has 0 aliphatic carbocycles. The van der Waals surface area contributed by atoms with Gasteiger partial charge in [-0.25, -0.2) is 4.99 Å². The van der Waals surface area contributed by atoms with E-state index in [0.29, 0.717) is 6.54 Å². The number of guanidine groups is 1. The maximum absolute atomic E-state index is 4.72. The van der Waals surface area contributed by atoms with Gasteiger partial charge in [0.1, 0.15) is 0 Å². The van der Waals surface area contributed by atoms with Crippen molar-refractivity contribution in [2.75, 3.05) is 13.1 Å². The SMILES string of the molecule is CCNC(=NCc1cccc2cccnc12)NCCc1ccccc1. The minimum atomic E-state index is 0.606. The fraction of sp³-hybridized carbons (Fsp3) is 0.238. The molecule has 0 spiro atoms. The van der Waals surface area contributed by atoms with Crippen molar-refractivity contribution in [3.8, 4) is 0 Å². The molecule has 4 heteroatoms. The van der Waals surface area contributed by atoms with Gasteiger partial charge in [-0.1, -0.05) is 54.6 Å². The minimum absolute atomic E-state index is 0.606. The molecule has 1 heterocycles. The van der Waals surface area contributed by atoms with Crippen LogP contribution in [-0.2, 0) is 13.0 Å². The number of nitrogens with zero attached hydrogens (tertiary/aromatic N) is 2. The number of rotatable bonds is 6. The van der Waals surface area contributed by atoms with Crippen LogP contribution in [0.5, 0.6) is 0 Å². The van der Waals surface area contributed by atoms with Gasteiger partial charge in [-0.2, -0.15) is 0 Å². The van der Waals surface area contributed by atoms with E-state index in [1.165, 1.54) is 5.56 Å². The Morgan fingerprint density at radius 2 is 1.80 bits per heavy atom. The lowest BCUT2D eigenvalue weighted by molar-refractivity contribution is 0.800. The molecule has 4 nitrogen and oxygen atoms in total. The van der Waals surface area contributed by atoms with Crippen molar-refractivity contribution in [3.63, 3.8) is 0 Å². The lowest BCUT2D eigenvalue weighted by atomic mass is 10.1. The average Bonchev–Trinajstić information content (AvgIpc) is 2.67. The molecule has 0 unspecified atom stereocenters. The topological polar surface area (TPSA) is 49.3 Å². The highest BCUT2D eigenvalue weighted by Crippen LogP contribution is 2.16. The number of aromatic nitrogens is 1. The van der Waals surface area contributed by atoms with E-state index in [9.17, 15) is 0 Å². The number of fused-ring (bicyclic) bond motifs is 1. The molecule has 0 atom stereocenters. The Morgan fingerprint density at radius 3 is 2.64 bits per heavy atom. The maximum atomic E-state index is 4.72. The minimum Gasteiger partial charge on any atom is -0.357 e. The Morgan fingerprint density at radius 1 is 0.960 bits per heavy atom. The molecule has 0 fully saturated rings. The molecular weight excluding hydrogens is 308 g/mol. The van der Waals surface area contributed by atoms with Crippen LogP contribution in [0, 0.1) is 0 Å². The number of para-hydroxylation sites is 1. The monoisotopic (exact) mass is 332 g/mol. The van der Waals surface area contributed by atoms with Gasteiger partial charge < -0.3 is 10.6 Å². The number of aliphatic imine (C=N–C) groups is 1. The molecule has 3 aromatic rings. The van der Waals surface area contributed by atoms with Crippen molar-refractivity contribution in [1.82, 2.24) is 15.6 Å². The summed E-state index contributed by atoms with van der Waals surface area (Å²) in [6.07, 6.45) is 2.81. The molecule has 0 saturated carbocycles. The normalized spacial score (nSPS) is 11.5. The predicted molar refractivity (Wildman–Crippen MR) is 105 cm³/mol. The number of pyridine rings is 1. The predicted octanol–water partition coefficient (Wildman–Crippen LogP) is 3.53. The first-order chi connectivity index (χ1) is 12.4. The number of hydrogen-bond donors (Lipinski definition) is 2. The number of hydrogen-bond acceptors (Lipinski definition) is 2. The van der Waals surface area contributed by atoms with E-state index in [-0.39, 0.29) is 0 Å². The van der Waals surface area contributed by atoms with E-state index >= 15 is 0 Å². The van der Waals surface area contributed by atoms with Gasteiger partial charge in [0.15, 0.2) is 5.96 Å². The molecule has 2 N–H and O–H groups in total. The van der Waals surface area contributed by atoms with Crippen LogP contribution in [0.3, 0.4) is 0 Å². The third-order valence-electron chi connectivity index (χ3n) is 4.02. The molecule has 3 rings (SSSR count). The van der Waals surface area contributed by atoms with E-state index in [1.807, 2.05) is 18.3 Å². The van der Waals surface area contributed by atoms with Gasteiger partial charge in [-0.15, -0.1) is 0 Å². The zero-order valence-electron chi connectivity index (χ0n) is 14.6. The Kier molecular flexibility index (Phi) is 5.99. The second-order valence-corrected chi connectivity index (χ2v) is 5.85. The Labute approximate surface area is 149 Å². The van der Waals surface area contributed by atoms with E-state index in [0.717, 1.165) is 41.9 Å². The third kappa shape index (κ3) is 4.80. The molecule has 0 amide bonds. The number of benzene rings is 2. The van der Waals surface area contributed by atoms with E-state index in [2.05, 4.69) is 71.1 Å². The molecule has 1 aromatic heterocycles. The maximum Gasteiger partial charge on any atom is 0.191 e. The van der Waals surface area contributed by atoms with Gasteiger partial charge in [0.05, 0.1) is 12.1 Å². The van der Waals surface area contributed by atoms with Crippen molar-refractivity contribution in [2.24, 2.45) is 4.99 Å². The first kappa shape index (κ1) is 17.0. The zero-order chi connectivity index (χ0) is 17.3. The Hall–Kier alpha value is -2.88. The first-order valence-electron chi connectivity index (χ1n) is 8.75. The van der Waals surface area contributed by atoms with E-state index in [1.54, 1.807) is 0 Å². The molecule has 0 saturated heterocycles. The second-order valence-electron chi connectivity index (χ2n) is 5.85. The summed E-state index contributed by atoms with van der Waals surface area (Å²) in [5.41, 5.74) is 3.48. The van der Waals surface area contributed by atoms with Gasteiger partial charge in [0.2, 0.25) is 0 Å². The van der Waals surface area contributed by atoms with Crippen molar-refractivity contribution in [1.29, 1.82) is 0 Å². The first-order valence-corrected chi connectivity index (χ1v) is 8.75. The molecule has 0 aliphatic rings. The summed E-state index contributed by atoms with van der Waals surface area (Å²) in [5, 5.41) is 7.86. The van der Waals surface area contributed by atoms with E-state index < -0.39 is 0 Å². The molecule has 0 aliphatic heterocycles. The highest BCUT2D eigenvalue weighted by atomic mass is 15.2. The molecule has 0 bridgehead atoms. The van der Waals surface area contributed by atoms with Crippen LogP contribution in [0.4, 0.5) is 0 Å². The quantitative estimate of drug-likeness (QED) is 0.536. The lowest BCUT2D eigenvalue weighted by Crippen LogP contribution is -2.38. The summed E-state index contributed by atoms with van der Waals surface area (Å²) < 4.78 is 0. The molecule has 25 heavy (non-hydrogen) atoms. The van der Waals surface area contributed by atoms with Gasteiger partial charge in [0, 0.05) is 24.7 Å². The van der Waals surface area contributed by atoms with Crippen LogP contribution >= 0.6 is 0 Å². The van der Waals surface area contributed by atoms with Crippen LogP contribution in [0.25, 0.3) is 10.9 Å². The fourth-order valence-electron chi connectivity index (χ4n) is 2.77. The van der Waals surface area contributed by atoms with Gasteiger partial charge in [-0.05, 0) is 30.5 Å². The van der Waals surface area contributed by atoms with Crippen LogP contribution in [0.2, 0.25) is 0 Å². The molecule has 0 radical (unpaired) electrons. The highest BCUT2D eigenvalue weighted by Gasteiger charge is 2.02. The smallest absolute Gasteiger partial charge is 0.191 e. The molecule has 128 valence electrons. The third-order valence-corrected chi connectivity index (χ3v) is 4.02. The Bertz CT molecular complexity index is 822. The van der Waals surface area contributed by atoms with Crippen LogP contribution in [0.1, 0.15) is 18.1 Å². The summed E-state index contributed by atoms with van der Waals surface area (Å²) in [6, 6.07) is 20.8. The zero-order valence-corrected chi connectivity index (χ0v) is 14.6. The number of nitrogens with one attached hydrogen (secondary N) is 2. The highest BCUT2D eigenvalue weighted by molar-refractivity contribution is 5.83. The van der Waals surface area contributed by atoms with Crippen LogP contribution in [-0.4, -0.2) is 24.0 Å². The van der Waals surface area contributed by atoms with Crippen molar-refractivity contribution >= 4 is 16.9 Å². The van der Waals surface area contributed by atoms with Gasteiger partial charge in [0.25, 0.3) is 0 Å². The summed E-state index contributed by atoms with van der Waals surface area (Å²) in [5.74, 6) is 0.839. The van der Waals surface area contributed by atoms with Crippen molar-refractivity contribution in [3.05, 3.63) is 78.0 Å².